The third-order valence-electron chi connectivity index (χ3n) is 2.54. The first-order valence-corrected chi connectivity index (χ1v) is 5.81. The molecule has 98 valence electrons. The molecule has 0 aliphatic heterocycles. The Morgan fingerprint density at radius 3 is 2.72 bits per heavy atom. The van der Waals surface area contributed by atoms with Crippen molar-refractivity contribution in [3.05, 3.63) is 41.5 Å². The number of aliphatic hydroxyl groups is 1. The van der Waals surface area contributed by atoms with Crippen LogP contribution in [0.3, 0.4) is 0 Å². The molecule has 0 amide bonds. The lowest BCUT2D eigenvalue weighted by Crippen LogP contribution is -2.06. The van der Waals surface area contributed by atoms with Crippen molar-refractivity contribution >= 4 is 5.97 Å². The minimum atomic E-state index is -0.337. The van der Waals surface area contributed by atoms with E-state index in [-0.39, 0.29) is 19.2 Å². The van der Waals surface area contributed by atoms with Crippen LogP contribution >= 0.6 is 0 Å². The quantitative estimate of drug-likeness (QED) is 0.620. The maximum absolute atomic E-state index is 11.3. The van der Waals surface area contributed by atoms with Crippen LogP contribution in [0.15, 0.2) is 35.9 Å². The van der Waals surface area contributed by atoms with Gasteiger partial charge in [-0.1, -0.05) is 25.1 Å². The van der Waals surface area contributed by atoms with E-state index in [1.165, 1.54) is 7.11 Å². The minimum Gasteiger partial charge on any atom is -0.489 e. The predicted octanol–water partition coefficient (Wildman–Crippen LogP) is 2.07. The molecule has 0 saturated heterocycles. The van der Waals surface area contributed by atoms with E-state index in [9.17, 15) is 4.79 Å². The highest BCUT2D eigenvalue weighted by Crippen LogP contribution is 2.17. The summed E-state index contributed by atoms with van der Waals surface area (Å²) in [6.45, 7) is 2.08. The number of ether oxygens (including phenoxy) is 2. The summed E-state index contributed by atoms with van der Waals surface area (Å²) in [4.78, 5) is 11.3. The molecule has 1 aromatic carbocycles. The van der Waals surface area contributed by atoms with Gasteiger partial charge in [-0.3, -0.25) is 0 Å². The largest absolute Gasteiger partial charge is 0.489 e. The van der Waals surface area contributed by atoms with Gasteiger partial charge in [0.05, 0.1) is 13.7 Å². The van der Waals surface area contributed by atoms with Crippen molar-refractivity contribution in [2.24, 2.45) is 0 Å². The summed E-state index contributed by atoms with van der Waals surface area (Å²) in [6, 6.07) is 7.24. The second kappa shape index (κ2) is 7.50. The Kier molecular flexibility index (Phi) is 5.94. The third-order valence-corrected chi connectivity index (χ3v) is 2.54. The first-order chi connectivity index (χ1) is 8.72. The number of benzene rings is 1. The molecule has 18 heavy (non-hydrogen) atoms. The number of carbonyl (C=O) groups is 1. The highest BCUT2D eigenvalue weighted by molar-refractivity contribution is 5.88. The van der Waals surface area contributed by atoms with Crippen LogP contribution in [0.5, 0.6) is 5.75 Å². The van der Waals surface area contributed by atoms with Crippen LogP contribution < -0.4 is 4.74 Å². The summed E-state index contributed by atoms with van der Waals surface area (Å²) < 4.78 is 10.2. The van der Waals surface area contributed by atoms with Crippen molar-refractivity contribution in [3.8, 4) is 5.75 Å². The average molecular weight is 250 g/mol. The zero-order valence-corrected chi connectivity index (χ0v) is 10.7. The van der Waals surface area contributed by atoms with E-state index in [0.29, 0.717) is 17.7 Å². The molecular weight excluding hydrogens is 232 g/mol. The van der Waals surface area contributed by atoms with Gasteiger partial charge in [0.15, 0.2) is 0 Å². The van der Waals surface area contributed by atoms with Crippen molar-refractivity contribution in [2.45, 2.75) is 20.0 Å². The molecule has 0 fully saturated rings. The summed E-state index contributed by atoms with van der Waals surface area (Å²) in [5.41, 5.74) is 1.31. The van der Waals surface area contributed by atoms with E-state index in [2.05, 4.69) is 4.74 Å². The number of methoxy groups -OCH3 is 1. The number of esters is 1. The number of rotatable bonds is 6. The zero-order valence-electron chi connectivity index (χ0n) is 10.7. The fourth-order valence-corrected chi connectivity index (χ4v) is 1.51. The van der Waals surface area contributed by atoms with Crippen LogP contribution in [0.2, 0.25) is 0 Å². The summed E-state index contributed by atoms with van der Waals surface area (Å²) in [7, 11) is 1.35. The molecule has 0 bridgehead atoms. The molecule has 0 aromatic heterocycles. The maximum atomic E-state index is 11.3. The molecular formula is C14H18O4. The molecule has 0 atom stereocenters. The Labute approximate surface area is 107 Å². The third kappa shape index (κ3) is 3.89. The van der Waals surface area contributed by atoms with Gasteiger partial charge >= 0.3 is 5.97 Å². The predicted molar refractivity (Wildman–Crippen MR) is 68.2 cm³/mol. The second-order valence-corrected chi connectivity index (χ2v) is 3.65. The maximum Gasteiger partial charge on any atom is 0.333 e. The van der Waals surface area contributed by atoms with Crippen LogP contribution in [0.4, 0.5) is 0 Å². The molecule has 4 nitrogen and oxygen atoms in total. The Morgan fingerprint density at radius 2 is 2.11 bits per heavy atom. The zero-order chi connectivity index (χ0) is 13.4. The SMILES string of the molecule is CCC(=CCOc1ccccc1CO)C(=O)OC. The van der Waals surface area contributed by atoms with E-state index in [4.69, 9.17) is 9.84 Å². The average Bonchev–Trinajstić information content (AvgIpc) is 2.43. The molecule has 0 spiro atoms. The summed E-state index contributed by atoms with van der Waals surface area (Å²) >= 11 is 0. The molecule has 0 aliphatic rings. The van der Waals surface area contributed by atoms with Crippen LogP contribution in [0.1, 0.15) is 18.9 Å². The first-order valence-electron chi connectivity index (χ1n) is 5.81. The summed E-state index contributed by atoms with van der Waals surface area (Å²) in [5.74, 6) is 0.285. The van der Waals surface area contributed by atoms with Gasteiger partial charge in [0.2, 0.25) is 0 Å². The van der Waals surface area contributed by atoms with Gasteiger partial charge in [-0.2, -0.15) is 0 Å². The molecule has 0 unspecified atom stereocenters. The monoisotopic (exact) mass is 250 g/mol. The number of hydrogen-bond acceptors (Lipinski definition) is 4. The van der Waals surface area contributed by atoms with Crippen molar-refractivity contribution in [2.75, 3.05) is 13.7 Å². The smallest absolute Gasteiger partial charge is 0.333 e. The number of aliphatic hydroxyl groups excluding tert-OH is 1. The van der Waals surface area contributed by atoms with Crippen molar-refractivity contribution in [3.63, 3.8) is 0 Å². The molecule has 0 aliphatic carbocycles. The van der Waals surface area contributed by atoms with Gasteiger partial charge in [0.1, 0.15) is 12.4 Å². The van der Waals surface area contributed by atoms with Gasteiger partial charge in [0, 0.05) is 11.1 Å². The fourth-order valence-electron chi connectivity index (χ4n) is 1.51. The first kappa shape index (κ1) is 14.3. The fraction of sp³-hybridized carbons (Fsp3) is 0.357. The molecule has 4 heteroatoms. The lowest BCUT2D eigenvalue weighted by Gasteiger charge is -2.08. The highest BCUT2D eigenvalue weighted by atomic mass is 16.5. The molecule has 0 heterocycles. The van der Waals surface area contributed by atoms with Gasteiger partial charge in [-0.05, 0) is 18.6 Å². The Balaban J connectivity index is 2.64. The van der Waals surface area contributed by atoms with Crippen molar-refractivity contribution in [1.29, 1.82) is 0 Å². The molecule has 1 aromatic rings. The molecule has 1 N–H and O–H groups in total. The van der Waals surface area contributed by atoms with E-state index >= 15 is 0 Å². The molecule has 0 radical (unpaired) electrons. The van der Waals surface area contributed by atoms with E-state index in [1.807, 2.05) is 19.1 Å². The summed E-state index contributed by atoms with van der Waals surface area (Å²) in [6.07, 6.45) is 2.29. The van der Waals surface area contributed by atoms with Crippen LogP contribution in [0.25, 0.3) is 0 Å². The highest BCUT2D eigenvalue weighted by Gasteiger charge is 2.06. The van der Waals surface area contributed by atoms with Gasteiger partial charge in [-0.15, -0.1) is 0 Å². The molecule has 1 rings (SSSR count). The number of para-hydroxylation sites is 1. The van der Waals surface area contributed by atoms with E-state index in [0.717, 1.165) is 5.56 Å². The number of carbonyl (C=O) groups excluding carboxylic acids is 1. The van der Waals surface area contributed by atoms with Gasteiger partial charge in [0.25, 0.3) is 0 Å². The normalized spacial score (nSPS) is 11.2. The van der Waals surface area contributed by atoms with Crippen LogP contribution in [-0.4, -0.2) is 24.8 Å². The van der Waals surface area contributed by atoms with Crippen molar-refractivity contribution in [1.82, 2.24) is 0 Å². The Bertz CT molecular complexity index is 424. The van der Waals surface area contributed by atoms with Gasteiger partial charge < -0.3 is 14.6 Å². The van der Waals surface area contributed by atoms with Crippen LogP contribution in [-0.2, 0) is 16.1 Å². The molecule has 0 saturated carbocycles. The minimum absolute atomic E-state index is 0.0719. The lowest BCUT2D eigenvalue weighted by atomic mass is 10.2. The standard InChI is InChI=1S/C14H18O4/c1-3-11(14(16)17-2)8-9-18-13-7-5-4-6-12(13)10-15/h4-8,15H,3,9-10H2,1-2H3. The Hall–Kier alpha value is -1.81. The van der Waals surface area contributed by atoms with Crippen LogP contribution in [0, 0.1) is 0 Å². The van der Waals surface area contributed by atoms with E-state index < -0.39 is 0 Å². The number of hydrogen-bond donors (Lipinski definition) is 1. The Morgan fingerprint density at radius 1 is 1.39 bits per heavy atom. The van der Waals surface area contributed by atoms with Gasteiger partial charge in [-0.25, -0.2) is 4.79 Å². The van der Waals surface area contributed by atoms with E-state index in [1.54, 1.807) is 18.2 Å². The second-order valence-electron chi connectivity index (χ2n) is 3.65. The lowest BCUT2D eigenvalue weighted by molar-refractivity contribution is -0.136. The van der Waals surface area contributed by atoms with Crippen molar-refractivity contribution < 1.29 is 19.4 Å². The topological polar surface area (TPSA) is 55.8 Å². The summed E-state index contributed by atoms with van der Waals surface area (Å²) in [5, 5.41) is 9.13.